The van der Waals surface area contributed by atoms with E-state index in [1.165, 1.54) is 0 Å². The zero-order valence-corrected chi connectivity index (χ0v) is 17.4. The molecule has 0 heterocycles. The molecule has 0 aliphatic heterocycles. The van der Waals surface area contributed by atoms with Crippen LogP contribution in [-0.4, -0.2) is 87.9 Å². The molecule has 4 radical (unpaired) electrons. The maximum Gasteiger partial charge on any atom is 0.235 e. The van der Waals surface area contributed by atoms with Crippen molar-refractivity contribution in [1.29, 1.82) is 0 Å². The van der Waals surface area contributed by atoms with Crippen LogP contribution in [0.25, 0.3) is 0 Å². The van der Waals surface area contributed by atoms with Crippen LogP contribution in [0.2, 0.25) is 12.6 Å². The number of nitrogens with two attached hydrogens (primary N) is 2. The summed E-state index contributed by atoms with van der Waals surface area (Å²) in [4.78, 5) is 35.5. The molecule has 1 amide bonds. The summed E-state index contributed by atoms with van der Waals surface area (Å²) in [5.41, 5.74) is 10.7. The molecule has 0 aromatic heterocycles. The van der Waals surface area contributed by atoms with Gasteiger partial charge in [0, 0.05) is 11.5 Å². The highest BCUT2D eigenvalue weighted by Gasteiger charge is 2.22. The monoisotopic (exact) mass is 412 g/mol. The van der Waals surface area contributed by atoms with Crippen LogP contribution in [-0.2, 0) is 14.4 Å². The van der Waals surface area contributed by atoms with Crippen LogP contribution in [0.3, 0.4) is 0 Å². The fourth-order valence-corrected chi connectivity index (χ4v) is 4.07. The molecule has 0 rings (SSSR count). The predicted molar refractivity (Wildman–Crippen MR) is 117 cm³/mol. The Morgan fingerprint density at radius 3 is 1.89 bits per heavy atom. The van der Waals surface area contributed by atoms with Gasteiger partial charge in [0.2, 0.25) is 5.91 Å². The molecular weight excluding hydrogens is 382 g/mol. The minimum Gasteiger partial charge on any atom is -0.368 e. The van der Waals surface area contributed by atoms with Gasteiger partial charge in [-0.15, -0.1) is 0 Å². The average molecular weight is 412 g/mol. The number of thioether (sulfide) groups is 2. The van der Waals surface area contributed by atoms with Crippen LogP contribution < -0.4 is 22.1 Å². The first kappa shape index (κ1) is 26.5. The zero-order chi connectivity index (χ0) is 20.5. The Balaban J connectivity index is 4.53. The summed E-state index contributed by atoms with van der Waals surface area (Å²) in [5.74, 6) is 1.88. The van der Waals surface area contributed by atoms with Crippen molar-refractivity contribution in [3.05, 3.63) is 0 Å². The molecule has 0 aromatic carbocycles. The average Bonchev–Trinajstić information content (AvgIpc) is 2.65. The fraction of sp³-hybridized carbons (Fsp3) is 0.812. The van der Waals surface area contributed by atoms with E-state index in [2.05, 4.69) is 10.6 Å². The molecule has 0 aromatic rings. The van der Waals surface area contributed by atoms with Crippen molar-refractivity contribution in [3.63, 3.8) is 0 Å². The fourth-order valence-electron chi connectivity index (χ4n) is 1.94. The number of hydrogen-bond donors (Lipinski definition) is 4. The molecule has 0 aliphatic carbocycles. The topological polar surface area (TPSA) is 127 Å². The lowest BCUT2D eigenvalue weighted by molar-refractivity contribution is -0.121. The number of hydrogen-bond acceptors (Lipinski definition) is 8. The molecule has 2 atom stereocenters. The first-order valence-electron chi connectivity index (χ1n) is 9.02. The van der Waals surface area contributed by atoms with Crippen LogP contribution in [0.1, 0.15) is 12.8 Å². The largest absolute Gasteiger partial charge is 0.368 e. The lowest BCUT2D eigenvalue weighted by atomic mass is 10.0. The first-order chi connectivity index (χ1) is 13.0. The number of primary amides is 1. The third-order valence-electron chi connectivity index (χ3n) is 3.58. The summed E-state index contributed by atoms with van der Waals surface area (Å²) >= 11 is 3.16. The number of Topliss-reactive ketones (excluding diaryl/α,β-unsaturated/α-hetero) is 2. The number of rotatable bonds is 19. The van der Waals surface area contributed by atoms with E-state index in [1.807, 2.05) is 0 Å². The zero-order valence-electron chi connectivity index (χ0n) is 15.8. The first-order valence-corrected chi connectivity index (χ1v) is 11.3. The molecule has 0 bridgehead atoms. The maximum absolute atomic E-state index is 12.5. The number of carbonyl (C=O) groups is 3. The van der Waals surface area contributed by atoms with Crippen molar-refractivity contribution >= 4 is 56.7 Å². The van der Waals surface area contributed by atoms with Gasteiger partial charge in [0.05, 0.1) is 47.4 Å². The van der Waals surface area contributed by atoms with Gasteiger partial charge < -0.3 is 11.5 Å². The van der Waals surface area contributed by atoms with Gasteiger partial charge in [-0.05, 0) is 11.5 Å². The Morgan fingerprint density at radius 1 is 0.889 bits per heavy atom. The Kier molecular flexibility index (Phi) is 17.3. The second-order valence-corrected chi connectivity index (χ2v) is 8.21. The van der Waals surface area contributed by atoms with Gasteiger partial charge in [0.25, 0.3) is 0 Å². The van der Waals surface area contributed by atoms with Crippen LogP contribution >= 0.6 is 23.5 Å². The summed E-state index contributed by atoms with van der Waals surface area (Å²) in [7, 11) is 10.9. The van der Waals surface area contributed by atoms with E-state index in [0.717, 1.165) is 24.3 Å². The smallest absolute Gasteiger partial charge is 0.235 e. The molecule has 0 saturated carbocycles. The van der Waals surface area contributed by atoms with Gasteiger partial charge in [0.1, 0.15) is 0 Å². The van der Waals surface area contributed by atoms with Gasteiger partial charge in [-0.1, -0.05) is 25.5 Å². The van der Waals surface area contributed by atoms with E-state index >= 15 is 0 Å². The summed E-state index contributed by atoms with van der Waals surface area (Å²) in [6, 6.07) is -1.10. The second-order valence-electron chi connectivity index (χ2n) is 5.91. The van der Waals surface area contributed by atoms with Gasteiger partial charge in [-0.2, -0.15) is 23.5 Å². The molecule has 0 fully saturated rings. The summed E-state index contributed by atoms with van der Waals surface area (Å²) in [6.45, 7) is -0.0359. The minimum absolute atomic E-state index is 0.00299. The quantitative estimate of drug-likeness (QED) is 0.156. The van der Waals surface area contributed by atoms with Gasteiger partial charge in [0.15, 0.2) is 11.6 Å². The van der Waals surface area contributed by atoms with Gasteiger partial charge >= 0.3 is 0 Å². The normalized spacial score (nSPS) is 13.2. The van der Waals surface area contributed by atoms with Crippen molar-refractivity contribution in [1.82, 2.24) is 10.6 Å². The van der Waals surface area contributed by atoms with E-state index in [9.17, 15) is 14.4 Å². The number of amides is 1. The second kappa shape index (κ2) is 17.6. The SMILES string of the molecule is [B]CCCSCC(NCC(=O)C(CSCCC[B])NCC(=O)CN)C(N)=O. The highest BCUT2D eigenvalue weighted by atomic mass is 32.2. The van der Waals surface area contributed by atoms with E-state index in [4.69, 9.17) is 27.2 Å². The molecule has 0 aliphatic rings. The van der Waals surface area contributed by atoms with Gasteiger partial charge in [-0.3, -0.25) is 25.0 Å². The molecular formula is C16H30B2N4O3S2. The van der Waals surface area contributed by atoms with Crippen LogP contribution in [0.5, 0.6) is 0 Å². The lowest BCUT2D eigenvalue weighted by Gasteiger charge is -2.20. The van der Waals surface area contributed by atoms with E-state index in [-0.39, 0.29) is 31.2 Å². The third kappa shape index (κ3) is 14.2. The van der Waals surface area contributed by atoms with Crippen LogP contribution in [0.4, 0.5) is 0 Å². The highest BCUT2D eigenvalue weighted by Crippen LogP contribution is 2.08. The predicted octanol–water partition coefficient (Wildman–Crippen LogP) is -1.09. The molecule has 150 valence electrons. The molecule has 0 saturated heterocycles. The molecule has 11 heteroatoms. The van der Waals surface area contributed by atoms with Crippen molar-refractivity contribution in [2.75, 3.05) is 42.6 Å². The van der Waals surface area contributed by atoms with Crippen molar-refractivity contribution in [2.24, 2.45) is 11.5 Å². The Labute approximate surface area is 173 Å². The number of nitrogens with one attached hydrogen (secondary N) is 2. The maximum atomic E-state index is 12.5. The van der Waals surface area contributed by atoms with Crippen molar-refractivity contribution in [3.8, 4) is 0 Å². The molecule has 7 nitrogen and oxygen atoms in total. The molecule has 6 N–H and O–H groups in total. The summed E-state index contributed by atoms with van der Waals surface area (Å²) in [6.07, 6.45) is 2.90. The van der Waals surface area contributed by atoms with E-state index in [1.54, 1.807) is 23.5 Å². The molecule has 2 unspecified atom stereocenters. The standard InChI is InChI=1S/C16H30B2N4O3S2/c17-3-1-5-26-10-13(21-8-12(23)7-19)15(24)9-22-14(16(20)25)11-27-6-2-4-18/h13-14,21-22H,1-11,19H2,(H2,20,25). The van der Waals surface area contributed by atoms with Crippen LogP contribution in [0, 0.1) is 0 Å². The molecule has 27 heavy (non-hydrogen) atoms. The van der Waals surface area contributed by atoms with Crippen molar-refractivity contribution in [2.45, 2.75) is 37.6 Å². The summed E-state index contributed by atoms with van der Waals surface area (Å²) in [5, 5.41) is 5.88. The Morgan fingerprint density at radius 2 is 1.41 bits per heavy atom. The van der Waals surface area contributed by atoms with Crippen molar-refractivity contribution < 1.29 is 14.4 Å². The number of carbonyl (C=O) groups excluding carboxylic acids is 3. The molecule has 0 spiro atoms. The Bertz CT molecular complexity index is 448. The summed E-state index contributed by atoms with van der Waals surface area (Å²) < 4.78 is 0. The lowest BCUT2D eigenvalue weighted by Crippen LogP contribution is -2.50. The van der Waals surface area contributed by atoms with E-state index in [0.29, 0.717) is 24.1 Å². The highest BCUT2D eigenvalue weighted by molar-refractivity contribution is 7.99. The van der Waals surface area contributed by atoms with Crippen LogP contribution in [0.15, 0.2) is 0 Å². The van der Waals surface area contributed by atoms with E-state index < -0.39 is 18.0 Å². The minimum atomic E-state index is -0.590. The number of ketones is 2. The third-order valence-corrected chi connectivity index (χ3v) is 5.88. The Hall–Kier alpha value is -0.480. The van der Waals surface area contributed by atoms with Gasteiger partial charge in [-0.25, -0.2) is 0 Å².